The van der Waals surface area contributed by atoms with E-state index in [0.29, 0.717) is 29.3 Å². The van der Waals surface area contributed by atoms with Gasteiger partial charge >= 0.3 is 0 Å². The number of carbonyl (C=O) groups excluding carboxylic acids is 2. The van der Waals surface area contributed by atoms with Crippen LogP contribution in [0.5, 0.6) is 5.75 Å². The van der Waals surface area contributed by atoms with Crippen LogP contribution in [0.2, 0.25) is 5.02 Å². The number of nitrogens with zero attached hydrogens (tertiary/aromatic N) is 2. The Kier molecular flexibility index (Phi) is 10.8. The van der Waals surface area contributed by atoms with Crippen molar-refractivity contribution in [2.45, 2.75) is 70.5 Å². The molecule has 0 spiro atoms. The molecular formula is C28H38ClN3O5S. The van der Waals surface area contributed by atoms with Gasteiger partial charge in [0.15, 0.2) is 0 Å². The van der Waals surface area contributed by atoms with E-state index in [4.69, 9.17) is 16.3 Å². The smallest absolute Gasteiger partial charge is 0.243 e. The molecule has 2 aromatic rings. The molecule has 2 aromatic carbocycles. The number of amides is 2. The third kappa shape index (κ3) is 8.36. The highest BCUT2D eigenvalue weighted by molar-refractivity contribution is 7.92. The van der Waals surface area contributed by atoms with Gasteiger partial charge in [0.25, 0.3) is 0 Å². The van der Waals surface area contributed by atoms with Crippen LogP contribution in [0, 0.1) is 0 Å². The Labute approximate surface area is 231 Å². The largest absolute Gasteiger partial charge is 0.497 e. The van der Waals surface area contributed by atoms with Gasteiger partial charge in [0.1, 0.15) is 11.8 Å². The summed E-state index contributed by atoms with van der Waals surface area (Å²) < 4.78 is 31.6. The molecule has 0 saturated heterocycles. The molecule has 1 atom stereocenters. The molecule has 0 bridgehead atoms. The van der Waals surface area contributed by atoms with Gasteiger partial charge in [-0.15, -0.1) is 0 Å². The fourth-order valence-electron chi connectivity index (χ4n) is 4.84. The Hall–Kier alpha value is -2.78. The van der Waals surface area contributed by atoms with E-state index < -0.39 is 16.1 Å². The SMILES string of the molecule is CCC(C(=O)NC1CCCC1)N(Cc1ccc(Cl)cc1)C(=O)CCCN(c1cccc(OC)c1)S(C)(=O)=O. The zero-order chi connectivity index (χ0) is 27.7. The van der Waals surface area contributed by atoms with Crippen molar-refractivity contribution in [3.63, 3.8) is 0 Å². The molecule has 1 unspecified atom stereocenters. The zero-order valence-corrected chi connectivity index (χ0v) is 23.9. The van der Waals surface area contributed by atoms with Crippen LogP contribution in [0.1, 0.15) is 57.4 Å². The summed E-state index contributed by atoms with van der Waals surface area (Å²) in [6, 6.07) is 13.5. The Bertz CT molecular complexity index is 1180. The number of ether oxygens (including phenoxy) is 1. The number of hydrogen-bond donors (Lipinski definition) is 1. The molecule has 1 fully saturated rings. The van der Waals surface area contributed by atoms with Gasteiger partial charge in [-0.1, -0.05) is 49.6 Å². The molecular weight excluding hydrogens is 526 g/mol. The number of carbonyl (C=O) groups is 2. The van der Waals surface area contributed by atoms with Gasteiger partial charge in [-0.2, -0.15) is 0 Å². The van der Waals surface area contributed by atoms with E-state index in [2.05, 4.69) is 5.32 Å². The summed E-state index contributed by atoms with van der Waals surface area (Å²) in [7, 11) is -2.07. The lowest BCUT2D eigenvalue weighted by Gasteiger charge is -2.32. The highest BCUT2D eigenvalue weighted by Gasteiger charge is 2.30. The van der Waals surface area contributed by atoms with Crippen LogP contribution in [-0.2, 0) is 26.2 Å². The normalized spacial score (nSPS) is 14.6. The number of nitrogens with one attached hydrogen (secondary N) is 1. The summed E-state index contributed by atoms with van der Waals surface area (Å²) >= 11 is 6.04. The van der Waals surface area contributed by atoms with Crippen LogP contribution in [-0.4, -0.2) is 57.1 Å². The summed E-state index contributed by atoms with van der Waals surface area (Å²) in [6.45, 7) is 2.28. The van der Waals surface area contributed by atoms with E-state index in [-0.39, 0.29) is 37.4 Å². The molecule has 0 radical (unpaired) electrons. The van der Waals surface area contributed by atoms with Gasteiger partial charge < -0.3 is 15.0 Å². The van der Waals surface area contributed by atoms with Gasteiger partial charge in [0.05, 0.1) is 19.1 Å². The average Bonchev–Trinajstić information content (AvgIpc) is 3.39. The van der Waals surface area contributed by atoms with Gasteiger partial charge in [-0.3, -0.25) is 13.9 Å². The van der Waals surface area contributed by atoms with Gasteiger partial charge in [-0.05, 0) is 55.5 Å². The second kappa shape index (κ2) is 13.8. The van der Waals surface area contributed by atoms with Crippen LogP contribution in [0.3, 0.4) is 0 Å². The van der Waals surface area contributed by atoms with E-state index >= 15 is 0 Å². The minimum absolute atomic E-state index is 0.0940. The number of rotatable bonds is 13. The van der Waals surface area contributed by atoms with Crippen LogP contribution in [0.4, 0.5) is 5.69 Å². The topological polar surface area (TPSA) is 96.0 Å². The molecule has 2 amide bonds. The minimum atomic E-state index is -3.59. The summed E-state index contributed by atoms with van der Waals surface area (Å²) in [6.07, 6.45) is 6.10. The lowest BCUT2D eigenvalue weighted by molar-refractivity contribution is -0.141. The molecule has 0 heterocycles. The van der Waals surface area contributed by atoms with Crippen molar-refractivity contribution < 1.29 is 22.7 Å². The first kappa shape index (κ1) is 29.8. The predicted molar refractivity (Wildman–Crippen MR) is 151 cm³/mol. The Morgan fingerprint density at radius 1 is 1.13 bits per heavy atom. The van der Waals surface area contributed by atoms with Crippen molar-refractivity contribution in [3.8, 4) is 5.75 Å². The number of benzene rings is 2. The molecule has 0 aliphatic heterocycles. The van der Waals surface area contributed by atoms with Crippen molar-refractivity contribution >= 4 is 39.1 Å². The molecule has 0 aromatic heterocycles. The molecule has 1 saturated carbocycles. The van der Waals surface area contributed by atoms with Crippen LogP contribution >= 0.6 is 11.6 Å². The number of anilines is 1. The van der Waals surface area contributed by atoms with Gasteiger partial charge in [0, 0.05) is 36.6 Å². The van der Waals surface area contributed by atoms with Crippen LogP contribution in [0.25, 0.3) is 0 Å². The number of methoxy groups -OCH3 is 1. The van der Waals surface area contributed by atoms with E-state index in [1.54, 1.807) is 41.3 Å². The summed E-state index contributed by atoms with van der Waals surface area (Å²) in [5, 5.41) is 3.73. The molecule has 208 valence electrons. The quantitative estimate of drug-likeness (QED) is 0.379. The summed E-state index contributed by atoms with van der Waals surface area (Å²) in [5.74, 6) is 0.198. The third-order valence-corrected chi connectivity index (χ3v) is 8.29. The maximum Gasteiger partial charge on any atom is 0.243 e. The third-order valence-electron chi connectivity index (χ3n) is 6.85. The Morgan fingerprint density at radius 2 is 1.82 bits per heavy atom. The molecule has 1 aliphatic rings. The van der Waals surface area contributed by atoms with Crippen LogP contribution in [0.15, 0.2) is 48.5 Å². The molecule has 8 nitrogen and oxygen atoms in total. The second-order valence-electron chi connectivity index (χ2n) is 9.70. The fourth-order valence-corrected chi connectivity index (χ4v) is 5.93. The maximum absolute atomic E-state index is 13.6. The highest BCUT2D eigenvalue weighted by Crippen LogP contribution is 2.24. The molecule has 1 aliphatic carbocycles. The molecule has 38 heavy (non-hydrogen) atoms. The number of halogens is 1. The standard InChI is InChI=1S/C28H38ClN3O5S/c1-4-26(28(34)30-23-9-5-6-10-23)31(20-21-14-16-22(29)17-15-21)27(33)13-8-18-32(38(3,35)36)24-11-7-12-25(19-24)37-2/h7,11-12,14-17,19,23,26H,4-6,8-10,13,18,20H2,1-3H3,(H,30,34). The zero-order valence-electron chi connectivity index (χ0n) is 22.4. The number of sulfonamides is 1. The summed E-state index contributed by atoms with van der Waals surface area (Å²) in [4.78, 5) is 28.4. The van der Waals surface area contributed by atoms with Crippen molar-refractivity contribution in [1.29, 1.82) is 0 Å². The second-order valence-corrected chi connectivity index (χ2v) is 12.0. The van der Waals surface area contributed by atoms with E-state index in [9.17, 15) is 18.0 Å². The van der Waals surface area contributed by atoms with E-state index in [0.717, 1.165) is 37.5 Å². The first-order chi connectivity index (χ1) is 18.1. The van der Waals surface area contributed by atoms with Crippen molar-refractivity contribution in [2.75, 3.05) is 24.2 Å². The van der Waals surface area contributed by atoms with Gasteiger partial charge in [-0.25, -0.2) is 8.42 Å². The maximum atomic E-state index is 13.6. The van der Waals surface area contributed by atoms with Crippen molar-refractivity contribution in [2.24, 2.45) is 0 Å². The Morgan fingerprint density at radius 3 is 2.42 bits per heavy atom. The molecule has 3 rings (SSSR count). The summed E-state index contributed by atoms with van der Waals surface area (Å²) in [5.41, 5.74) is 1.34. The Balaban J connectivity index is 1.75. The lowest BCUT2D eigenvalue weighted by Crippen LogP contribution is -2.51. The van der Waals surface area contributed by atoms with E-state index in [1.165, 1.54) is 11.4 Å². The van der Waals surface area contributed by atoms with E-state index in [1.807, 2.05) is 19.1 Å². The van der Waals surface area contributed by atoms with Crippen molar-refractivity contribution in [3.05, 3.63) is 59.1 Å². The molecule has 10 heteroatoms. The van der Waals surface area contributed by atoms with Gasteiger partial charge in [0.2, 0.25) is 21.8 Å². The molecule has 1 N–H and O–H groups in total. The van der Waals surface area contributed by atoms with Crippen molar-refractivity contribution in [1.82, 2.24) is 10.2 Å². The number of hydrogen-bond acceptors (Lipinski definition) is 5. The predicted octanol–water partition coefficient (Wildman–Crippen LogP) is 4.76. The minimum Gasteiger partial charge on any atom is -0.497 e. The lowest BCUT2D eigenvalue weighted by atomic mass is 10.1. The first-order valence-electron chi connectivity index (χ1n) is 13.1. The average molecular weight is 564 g/mol. The highest BCUT2D eigenvalue weighted by atomic mass is 35.5. The fraction of sp³-hybridized carbons (Fsp3) is 0.500. The monoisotopic (exact) mass is 563 g/mol. The first-order valence-corrected chi connectivity index (χ1v) is 15.3. The van der Waals surface area contributed by atoms with Crippen LogP contribution < -0.4 is 14.4 Å².